The molecular weight excluding hydrogens is 1120 g/mol. The van der Waals surface area contributed by atoms with E-state index >= 15 is 0 Å². The molecule has 0 aromatic heterocycles. The lowest BCUT2D eigenvalue weighted by Crippen LogP contribution is -2.57. The number of piperidine rings is 2. The third kappa shape index (κ3) is 12.2. The molecule has 4 heterocycles. The van der Waals surface area contributed by atoms with E-state index in [1.807, 2.05) is 103 Å². The number of nitrogens with zero attached hydrogens (tertiary/aromatic N) is 5. The molecule has 4 aliphatic rings. The molecule has 4 saturated heterocycles. The number of methoxy groups -OCH3 is 2. The predicted molar refractivity (Wildman–Crippen MR) is 320 cm³/mol. The van der Waals surface area contributed by atoms with Crippen molar-refractivity contribution in [2.75, 3.05) is 14.2 Å². The van der Waals surface area contributed by atoms with Crippen LogP contribution in [-0.2, 0) is 32.3 Å². The maximum atomic E-state index is 14.1. The number of carboxylic acid groups (broad SMARTS) is 1. The highest BCUT2D eigenvalue weighted by Gasteiger charge is 2.57. The molecule has 4 aliphatic heterocycles. The Morgan fingerprint density at radius 1 is 0.552 bits per heavy atom. The van der Waals surface area contributed by atoms with E-state index in [0.717, 1.165) is 44.8 Å². The molecule has 8 aromatic rings. The molecule has 0 spiro atoms. The van der Waals surface area contributed by atoms with E-state index in [-0.39, 0.29) is 67.2 Å². The van der Waals surface area contributed by atoms with Crippen molar-refractivity contribution in [1.29, 1.82) is 0 Å². The van der Waals surface area contributed by atoms with Crippen molar-refractivity contribution in [3.05, 3.63) is 236 Å². The summed E-state index contributed by atoms with van der Waals surface area (Å²) in [4.78, 5) is 103. The number of hydrogen-bond acceptors (Lipinski definition) is 15. The first-order valence-corrected chi connectivity index (χ1v) is 28.1. The lowest BCUT2D eigenvalue weighted by molar-refractivity contribution is -0.385. The van der Waals surface area contributed by atoms with Crippen LogP contribution in [0.25, 0.3) is 21.5 Å². The second-order valence-corrected chi connectivity index (χ2v) is 21.4. The summed E-state index contributed by atoms with van der Waals surface area (Å²) in [5.41, 5.74) is 2.73. The summed E-state index contributed by atoms with van der Waals surface area (Å²) in [6, 6.07) is 48.4. The second kappa shape index (κ2) is 26.0. The zero-order valence-corrected chi connectivity index (χ0v) is 47.2. The molecule has 5 amide bonds. The number of hydrogen-bond donors (Lipinski definition) is 4. The van der Waals surface area contributed by atoms with E-state index in [0.29, 0.717) is 41.9 Å². The number of likely N-dealkylation sites (tertiary alicyclic amines) is 3. The van der Waals surface area contributed by atoms with E-state index in [4.69, 9.17) is 14.6 Å². The summed E-state index contributed by atoms with van der Waals surface area (Å²) < 4.78 is 10.8. The van der Waals surface area contributed by atoms with Gasteiger partial charge in [-0.2, -0.15) is 0 Å². The Morgan fingerprint density at radius 2 is 1.00 bits per heavy atom. The summed E-state index contributed by atoms with van der Waals surface area (Å²) in [5, 5.41) is 59.8. The zero-order valence-electron chi connectivity index (χ0n) is 47.2. The maximum absolute atomic E-state index is 14.1. The number of non-ortho nitro benzene ring substituents is 2. The highest BCUT2D eigenvalue weighted by molar-refractivity contribution is 6.10. The minimum Gasteiger partial charge on any atom is -0.496 e. The Morgan fingerprint density at radius 3 is 1.52 bits per heavy atom. The van der Waals surface area contributed by atoms with Crippen molar-refractivity contribution in [3.63, 3.8) is 0 Å². The topological polar surface area (TPSA) is 290 Å². The monoisotopic (exact) mass is 1180 g/mol. The van der Waals surface area contributed by atoms with Crippen LogP contribution in [0.2, 0.25) is 0 Å². The number of imide groups is 2. The number of fused-ring (bicyclic) bond motifs is 4. The highest BCUT2D eigenvalue weighted by Crippen LogP contribution is 2.43. The van der Waals surface area contributed by atoms with Crippen molar-refractivity contribution in [3.8, 4) is 11.5 Å². The Labute approximate surface area is 499 Å². The Hall–Kier alpha value is -10.2. The van der Waals surface area contributed by atoms with Crippen molar-refractivity contribution >= 4 is 68.4 Å². The van der Waals surface area contributed by atoms with Gasteiger partial charge in [-0.15, -0.1) is 0 Å². The number of aromatic carboxylic acids is 1. The number of nitro groups is 2. The Balaban J connectivity index is 0.000000179. The fourth-order valence-corrected chi connectivity index (χ4v) is 12.2. The predicted octanol–water partition coefficient (Wildman–Crippen LogP) is 9.38. The van der Waals surface area contributed by atoms with Gasteiger partial charge >= 0.3 is 5.97 Å². The number of amides is 5. The first-order valence-electron chi connectivity index (χ1n) is 28.1. The van der Waals surface area contributed by atoms with Crippen molar-refractivity contribution < 1.29 is 64.8 Å². The number of aliphatic hydroxyl groups excluding tert-OH is 2. The molecule has 4 N–H and O–H groups in total. The number of aliphatic hydroxyl groups is 2. The van der Waals surface area contributed by atoms with Gasteiger partial charge in [-0.3, -0.25) is 59.3 Å². The third-order valence-electron chi connectivity index (χ3n) is 16.6. The summed E-state index contributed by atoms with van der Waals surface area (Å²) in [5.74, 6) is -3.08. The molecule has 21 heteroatoms. The summed E-state index contributed by atoms with van der Waals surface area (Å²) in [7, 11) is 3.05. The number of carboxylic acids is 1. The van der Waals surface area contributed by atoms with Crippen LogP contribution in [0.4, 0.5) is 11.4 Å². The fourth-order valence-electron chi connectivity index (χ4n) is 12.2. The summed E-state index contributed by atoms with van der Waals surface area (Å²) in [6.45, 7) is 0.304. The van der Waals surface area contributed by atoms with Gasteiger partial charge in [0.05, 0.1) is 72.7 Å². The molecule has 0 aliphatic carbocycles. The molecule has 0 unspecified atom stereocenters. The van der Waals surface area contributed by atoms with Crippen molar-refractivity contribution in [2.24, 2.45) is 11.8 Å². The molecule has 446 valence electrons. The molecule has 21 nitrogen and oxygen atoms in total. The van der Waals surface area contributed by atoms with Gasteiger partial charge < -0.3 is 29.7 Å². The first-order chi connectivity index (χ1) is 42.0. The van der Waals surface area contributed by atoms with E-state index in [2.05, 4.69) is 5.32 Å². The van der Waals surface area contributed by atoms with Crippen LogP contribution in [0.5, 0.6) is 11.5 Å². The molecular formula is C66H62N6O15. The maximum Gasteiger partial charge on any atom is 0.335 e. The SMILES string of the molecule is COc1ccccc1[C@@H](O)[C@H]1CC[C@H]2C(=O)N(Cc3cccc4ccccc34)C(=O)[C@H]2N1.COc1ccccc1[C@@H](O)[C@H]1CC[C@H]2C(=O)N(Cc3cccc4ccccc34)C(=O)[C@H]2N1C(=O)c1ccc([N+](=O)[O-])cc1.O=C(O)c1ccc([N+](=O)[O-])cc1.[HH]. The van der Waals surface area contributed by atoms with Gasteiger partial charge in [-0.1, -0.05) is 121 Å². The average Bonchev–Trinajstić information content (AvgIpc) is 2.73. The molecule has 0 bridgehead atoms. The number of carbonyl (C=O) groups excluding carboxylic acids is 5. The smallest absolute Gasteiger partial charge is 0.335 e. The third-order valence-corrected chi connectivity index (χ3v) is 16.6. The Kier molecular flexibility index (Phi) is 17.9. The van der Waals surface area contributed by atoms with Crippen LogP contribution >= 0.6 is 0 Å². The lowest BCUT2D eigenvalue weighted by Gasteiger charge is -2.43. The van der Waals surface area contributed by atoms with E-state index in [1.165, 1.54) is 58.2 Å². The highest BCUT2D eigenvalue weighted by atomic mass is 16.6. The molecule has 0 saturated carbocycles. The molecule has 87 heavy (non-hydrogen) atoms. The Bertz CT molecular complexity index is 3920. The van der Waals surface area contributed by atoms with E-state index in [1.54, 1.807) is 37.4 Å². The van der Waals surface area contributed by atoms with Crippen LogP contribution in [0, 0.1) is 32.1 Å². The summed E-state index contributed by atoms with van der Waals surface area (Å²) >= 11 is 0. The quantitative estimate of drug-likeness (QED) is 0.0448. The summed E-state index contributed by atoms with van der Waals surface area (Å²) in [6.07, 6.45) is -0.356. The van der Waals surface area contributed by atoms with Gasteiger partial charge in [0, 0.05) is 48.4 Å². The number of carbonyl (C=O) groups is 6. The van der Waals surface area contributed by atoms with Crippen molar-refractivity contribution in [1.82, 2.24) is 20.0 Å². The number of para-hydroxylation sites is 2. The minimum atomic E-state index is -1.23. The van der Waals surface area contributed by atoms with Crippen LogP contribution < -0.4 is 14.8 Å². The normalized spacial score (nSPS) is 20.3. The van der Waals surface area contributed by atoms with Gasteiger partial charge in [-0.25, -0.2) is 4.79 Å². The fraction of sp³-hybridized carbons (Fsp3) is 0.242. The van der Waals surface area contributed by atoms with Crippen molar-refractivity contribution in [2.45, 2.75) is 75.1 Å². The standard InChI is InChI=1S/C33H29N3O7.C26H26N2O4.C7H5NO4.H2/c1-43-28-12-5-4-11-25(28)30(37)27-18-17-26-29(35(27)31(38)21-13-15-23(16-14-21)36(41)42)33(40)34(32(26)39)19-22-9-6-8-20-7-2-3-10-24(20)22;1-32-22-12-5-4-11-19(22)24(29)21-14-13-20-23(27-21)26(31)28(25(20)30)15-17-9-6-8-16-7-2-3-10-18(16)17;9-7(10)5-1-3-6(4-2-5)8(11)12;/h2-16,26-27,29-30,37H,17-19H2,1H3;2-12,20-21,23-24,27,29H,13-15H2,1H3;1-4H,(H,9,10);1H/t26-,27-,29+,30-;20-,21-,23+,24-;;/m11../s1. The minimum absolute atomic E-state index is 0. The molecule has 8 atom stereocenters. The van der Waals surface area contributed by atoms with E-state index in [9.17, 15) is 59.2 Å². The first kappa shape index (κ1) is 59.9. The van der Waals surface area contributed by atoms with Crippen LogP contribution in [0.3, 0.4) is 0 Å². The average molecular weight is 1180 g/mol. The lowest BCUT2D eigenvalue weighted by atomic mass is 9.82. The molecule has 8 aromatic carbocycles. The van der Waals surface area contributed by atoms with Gasteiger partial charge in [0.25, 0.3) is 23.2 Å². The van der Waals surface area contributed by atoms with Gasteiger partial charge in [0.1, 0.15) is 23.6 Å². The van der Waals surface area contributed by atoms with Crippen LogP contribution in [-0.4, -0.2) is 114 Å². The van der Waals surface area contributed by atoms with Gasteiger partial charge in [0.15, 0.2) is 0 Å². The van der Waals surface area contributed by atoms with Crippen LogP contribution in [0.1, 0.15) is 82.3 Å². The van der Waals surface area contributed by atoms with E-state index < -0.39 is 69.8 Å². The van der Waals surface area contributed by atoms with Crippen LogP contribution in [0.15, 0.2) is 182 Å². The molecule has 4 fully saturated rings. The van der Waals surface area contributed by atoms with Gasteiger partial charge in [0.2, 0.25) is 17.7 Å². The molecule has 12 rings (SSSR count). The number of ether oxygens (including phenoxy) is 2. The largest absolute Gasteiger partial charge is 0.496 e. The number of nitro benzene ring substituents is 2. The number of nitrogens with one attached hydrogen (secondary N) is 1. The second-order valence-electron chi connectivity index (χ2n) is 21.4. The zero-order chi connectivity index (χ0) is 61.6. The van der Waals surface area contributed by atoms with Gasteiger partial charge in [-0.05, 0) is 94.8 Å². The number of benzene rings is 8. The molecule has 0 radical (unpaired) electrons. The number of rotatable bonds is 14.